The summed E-state index contributed by atoms with van der Waals surface area (Å²) in [5, 5.41) is 6.03. The topological polar surface area (TPSA) is 64.7 Å². The molecule has 1 fully saturated rings. The molecule has 1 aliphatic heterocycles. The third kappa shape index (κ3) is 9.72. The number of carbonyl (C=O) groups excluding carboxylic acids is 2. The molecule has 2 rings (SSSR count). The first-order valence-corrected chi connectivity index (χ1v) is 11.7. The van der Waals surface area contributed by atoms with Crippen LogP contribution in [0.25, 0.3) is 0 Å². The van der Waals surface area contributed by atoms with Crippen molar-refractivity contribution in [3.05, 3.63) is 35.4 Å². The highest BCUT2D eigenvalue weighted by Gasteiger charge is 2.10. The summed E-state index contributed by atoms with van der Waals surface area (Å²) < 4.78 is 0. The van der Waals surface area contributed by atoms with Gasteiger partial charge in [-0.1, -0.05) is 44.5 Å². The molecule has 30 heavy (non-hydrogen) atoms. The minimum Gasteiger partial charge on any atom is -0.355 e. The Morgan fingerprint density at radius 2 is 1.43 bits per heavy atom. The van der Waals surface area contributed by atoms with Crippen molar-refractivity contribution in [2.45, 2.75) is 52.4 Å². The van der Waals surface area contributed by atoms with Crippen LogP contribution in [0.15, 0.2) is 24.3 Å². The lowest BCUT2D eigenvalue weighted by Gasteiger charge is -2.26. The lowest BCUT2D eigenvalue weighted by atomic mass is 10.1. The summed E-state index contributed by atoms with van der Waals surface area (Å²) in [6, 6.07) is 7.80. The van der Waals surface area contributed by atoms with Crippen LogP contribution in [-0.4, -0.2) is 74.0 Å². The van der Waals surface area contributed by atoms with Crippen molar-refractivity contribution in [2.24, 2.45) is 0 Å². The van der Waals surface area contributed by atoms with Gasteiger partial charge in [0.05, 0.1) is 12.8 Å². The van der Waals surface area contributed by atoms with Gasteiger partial charge in [-0.25, -0.2) is 0 Å². The summed E-state index contributed by atoms with van der Waals surface area (Å²) in [5.41, 5.74) is 1.95. The van der Waals surface area contributed by atoms with Crippen molar-refractivity contribution < 1.29 is 9.59 Å². The zero-order valence-electron chi connectivity index (χ0n) is 18.9. The smallest absolute Gasteiger partial charge is 0.224 e. The third-order valence-electron chi connectivity index (χ3n) is 5.69. The number of piperidine rings is 1. The maximum atomic E-state index is 12.2. The Hall–Kier alpha value is -1.92. The van der Waals surface area contributed by atoms with Crippen LogP contribution in [0.3, 0.4) is 0 Å². The maximum absolute atomic E-state index is 12.2. The highest BCUT2D eigenvalue weighted by Crippen LogP contribution is 2.08. The molecule has 0 spiro atoms. The highest BCUT2D eigenvalue weighted by atomic mass is 16.2. The number of likely N-dealkylation sites (tertiary alicyclic amines) is 1. The number of hydrogen-bond acceptors (Lipinski definition) is 4. The average Bonchev–Trinajstić information content (AvgIpc) is 2.75. The molecule has 1 aliphatic rings. The Balaban J connectivity index is 1.63. The largest absolute Gasteiger partial charge is 0.355 e. The highest BCUT2D eigenvalue weighted by molar-refractivity contribution is 5.79. The van der Waals surface area contributed by atoms with E-state index in [1.54, 1.807) is 0 Å². The molecule has 0 aromatic heterocycles. The van der Waals surface area contributed by atoms with Crippen molar-refractivity contribution in [3.63, 3.8) is 0 Å². The fourth-order valence-electron chi connectivity index (χ4n) is 3.90. The Morgan fingerprint density at radius 3 is 1.97 bits per heavy atom. The predicted octanol–water partition coefficient (Wildman–Crippen LogP) is 2.22. The van der Waals surface area contributed by atoms with Gasteiger partial charge in [0.2, 0.25) is 11.8 Å². The molecule has 0 unspecified atom stereocenters. The van der Waals surface area contributed by atoms with Crippen LogP contribution in [-0.2, 0) is 22.4 Å². The van der Waals surface area contributed by atoms with E-state index >= 15 is 0 Å². The minimum absolute atomic E-state index is 0.0470. The fraction of sp³-hybridized carbons (Fsp3) is 0.667. The SMILES string of the molecule is CCCN(CC)CCNC(=O)Cc1ccc(CC(=O)NCCN2CCCCC2)cc1. The van der Waals surface area contributed by atoms with E-state index in [0.29, 0.717) is 25.9 Å². The zero-order chi connectivity index (χ0) is 21.6. The summed E-state index contributed by atoms with van der Waals surface area (Å²) in [6.07, 6.45) is 5.77. The van der Waals surface area contributed by atoms with Gasteiger partial charge in [0.25, 0.3) is 0 Å². The Morgan fingerprint density at radius 1 is 0.867 bits per heavy atom. The van der Waals surface area contributed by atoms with E-state index in [-0.39, 0.29) is 11.8 Å². The molecule has 6 heteroatoms. The van der Waals surface area contributed by atoms with Gasteiger partial charge in [-0.15, -0.1) is 0 Å². The van der Waals surface area contributed by atoms with E-state index in [1.165, 1.54) is 19.3 Å². The molecule has 0 atom stereocenters. The maximum Gasteiger partial charge on any atom is 0.224 e. The number of nitrogens with one attached hydrogen (secondary N) is 2. The molecule has 0 saturated carbocycles. The fourth-order valence-corrected chi connectivity index (χ4v) is 3.90. The van der Waals surface area contributed by atoms with E-state index < -0.39 is 0 Å². The van der Waals surface area contributed by atoms with Crippen LogP contribution in [0, 0.1) is 0 Å². The predicted molar refractivity (Wildman–Crippen MR) is 123 cm³/mol. The Labute approximate surface area is 182 Å². The van der Waals surface area contributed by atoms with Gasteiger partial charge >= 0.3 is 0 Å². The van der Waals surface area contributed by atoms with Gasteiger partial charge in [0.15, 0.2) is 0 Å². The molecule has 2 N–H and O–H groups in total. The normalized spacial score (nSPS) is 14.6. The first-order valence-electron chi connectivity index (χ1n) is 11.7. The van der Waals surface area contributed by atoms with Crippen molar-refractivity contribution in [2.75, 3.05) is 52.4 Å². The van der Waals surface area contributed by atoms with Crippen LogP contribution in [0.2, 0.25) is 0 Å². The van der Waals surface area contributed by atoms with E-state index in [0.717, 1.165) is 56.8 Å². The molecular weight excluding hydrogens is 376 g/mol. The van der Waals surface area contributed by atoms with Crippen molar-refractivity contribution in [3.8, 4) is 0 Å². The lowest BCUT2D eigenvalue weighted by molar-refractivity contribution is -0.121. The molecule has 6 nitrogen and oxygen atoms in total. The summed E-state index contributed by atoms with van der Waals surface area (Å²) in [5.74, 6) is 0.107. The monoisotopic (exact) mass is 416 g/mol. The molecule has 0 bridgehead atoms. The summed E-state index contributed by atoms with van der Waals surface area (Å²) in [6.45, 7) is 11.9. The number of amides is 2. The van der Waals surface area contributed by atoms with Crippen molar-refractivity contribution in [1.29, 1.82) is 0 Å². The van der Waals surface area contributed by atoms with E-state index in [2.05, 4.69) is 34.3 Å². The second-order valence-electron chi connectivity index (χ2n) is 8.21. The van der Waals surface area contributed by atoms with Crippen LogP contribution in [0.4, 0.5) is 0 Å². The minimum atomic E-state index is 0.0470. The van der Waals surface area contributed by atoms with Crippen LogP contribution < -0.4 is 10.6 Å². The summed E-state index contributed by atoms with van der Waals surface area (Å²) >= 11 is 0. The van der Waals surface area contributed by atoms with Crippen molar-refractivity contribution >= 4 is 11.8 Å². The first-order chi connectivity index (χ1) is 14.6. The number of hydrogen-bond donors (Lipinski definition) is 2. The quantitative estimate of drug-likeness (QED) is 0.518. The molecule has 168 valence electrons. The van der Waals surface area contributed by atoms with E-state index in [1.807, 2.05) is 24.3 Å². The van der Waals surface area contributed by atoms with Crippen molar-refractivity contribution in [1.82, 2.24) is 20.4 Å². The molecule has 2 amide bonds. The molecule has 0 radical (unpaired) electrons. The van der Waals surface area contributed by atoms with Crippen LogP contribution >= 0.6 is 0 Å². The van der Waals surface area contributed by atoms with Gasteiger partial charge < -0.3 is 20.4 Å². The second-order valence-corrected chi connectivity index (χ2v) is 8.21. The molecule has 1 aromatic carbocycles. The summed E-state index contributed by atoms with van der Waals surface area (Å²) in [4.78, 5) is 29.1. The first kappa shape index (κ1) is 24.4. The van der Waals surface area contributed by atoms with Gasteiger partial charge in [0.1, 0.15) is 0 Å². The number of benzene rings is 1. The Bertz CT molecular complexity index is 583. The van der Waals surface area contributed by atoms with Gasteiger partial charge in [0, 0.05) is 26.2 Å². The lowest BCUT2D eigenvalue weighted by Crippen LogP contribution is -2.38. The van der Waals surface area contributed by atoms with Crippen LogP contribution in [0.1, 0.15) is 50.7 Å². The summed E-state index contributed by atoms with van der Waals surface area (Å²) in [7, 11) is 0. The molecule has 0 aliphatic carbocycles. The molecule has 1 saturated heterocycles. The number of carbonyl (C=O) groups is 2. The number of likely N-dealkylation sites (N-methyl/N-ethyl adjacent to an activating group) is 1. The Kier molecular flexibility index (Phi) is 11.5. The van der Waals surface area contributed by atoms with E-state index in [9.17, 15) is 9.59 Å². The van der Waals surface area contributed by atoms with Gasteiger partial charge in [-0.3, -0.25) is 9.59 Å². The second kappa shape index (κ2) is 14.1. The molecular formula is C24H40N4O2. The van der Waals surface area contributed by atoms with Gasteiger partial charge in [-0.05, 0) is 56.6 Å². The van der Waals surface area contributed by atoms with Gasteiger partial charge in [-0.2, -0.15) is 0 Å². The molecule has 1 heterocycles. The standard InChI is InChI=1S/C24H40N4O2/c1-3-14-27(4-2)17-12-25-23(29)19-21-8-10-22(11-9-21)20-24(30)26-13-18-28-15-6-5-7-16-28/h8-11H,3-7,12-20H2,1-2H3,(H,25,29)(H,26,30). The van der Waals surface area contributed by atoms with E-state index in [4.69, 9.17) is 0 Å². The van der Waals surface area contributed by atoms with Crippen LogP contribution in [0.5, 0.6) is 0 Å². The molecule has 1 aromatic rings. The number of nitrogens with zero attached hydrogens (tertiary/aromatic N) is 2. The number of rotatable bonds is 13. The third-order valence-corrected chi connectivity index (χ3v) is 5.69. The average molecular weight is 417 g/mol. The zero-order valence-corrected chi connectivity index (χ0v) is 18.9.